The van der Waals surface area contributed by atoms with Crippen LogP contribution in [-0.2, 0) is 0 Å². The van der Waals surface area contributed by atoms with Gasteiger partial charge < -0.3 is 5.32 Å². The van der Waals surface area contributed by atoms with Crippen molar-refractivity contribution in [3.63, 3.8) is 0 Å². The summed E-state index contributed by atoms with van der Waals surface area (Å²) in [7, 11) is 0. The Hall–Kier alpha value is -3.58. The van der Waals surface area contributed by atoms with E-state index in [1.54, 1.807) is 13.3 Å². The number of aromatic nitrogens is 4. The van der Waals surface area contributed by atoms with Crippen molar-refractivity contribution in [2.45, 2.75) is 46.7 Å². The van der Waals surface area contributed by atoms with Crippen molar-refractivity contribution in [1.29, 1.82) is 0 Å². The Kier molecular flexibility index (Phi) is 7.03. The van der Waals surface area contributed by atoms with Crippen molar-refractivity contribution in [2.24, 2.45) is 0 Å². The summed E-state index contributed by atoms with van der Waals surface area (Å²) < 4.78 is 1.97. The summed E-state index contributed by atoms with van der Waals surface area (Å²) in [6, 6.07) is 18.4. The highest BCUT2D eigenvalue weighted by Gasteiger charge is 2.17. The number of hydrogen-bond donors (Lipinski definition) is 1. The Morgan fingerprint density at radius 2 is 1.74 bits per heavy atom. The Morgan fingerprint density at radius 3 is 2.41 bits per heavy atom. The first-order chi connectivity index (χ1) is 16.3. The molecular weight excluding hydrogens is 424 g/mol. The van der Waals surface area contributed by atoms with Crippen molar-refractivity contribution in [2.75, 3.05) is 18.4 Å². The van der Waals surface area contributed by atoms with Crippen LogP contribution in [-0.4, -0.2) is 55.4 Å². The molecule has 0 unspecified atom stereocenters. The largest absolute Gasteiger partial charge is 0.367 e. The molecule has 0 bridgehead atoms. The van der Waals surface area contributed by atoms with E-state index in [1.165, 1.54) is 0 Å². The van der Waals surface area contributed by atoms with Crippen LogP contribution in [0.3, 0.4) is 0 Å². The van der Waals surface area contributed by atoms with Crippen LogP contribution in [0.4, 0.5) is 5.82 Å². The number of nitrogens with zero attached hydrogens (tertiary/aromatic N) is 5. The fourth-order valence-electron chi connectivity index (χ4n) is 4.22. The molecule has 176 valence electrons. The molecule has 7 nitrogen and oxygen atoms in total. The summed E-state index contributed by atoms with van der Waals surface area (Å²) in [5, 5.41) is 3.50. The van der Waals surface area contributed by atoms with Gasteiger partial charge >= 0.3 is 0 Å². The summed E-state index contributed by atoms with van der Waals surface area (Å²) in [4.78, 5) is 28.7. The van der Waals surface area contributed by atoms with Crippen LogP contribution in [0.5, 0.6) is 0 Å². The molecule has 0 aliphatic rings. The van der Waals surface area contributed by atoms with Gasteiger partial charge in [-0.25, -0.2) is 15.0 Å². The van der Waals surface area contributed by atoms with Gasteiger partial charge in [-0.3, -0.25) is 14.3 Å². The molecule has 2 aromatic heterocycles. The SMILES string of the molecule is CC(=O)c1cccc(-c2nc(NCCN(C(C)C)C(C)C)c3ncn(-c4ccccc4)c3n2)c1. The lowest BCUT2D eigenvalue weighted by atomic mass is 10.1. The predicted octanol–water partition coefficient (Wildman–Crippen LogP) is 5.22. The van der Waals surface area contributed by atoms with E-state index in [0.29, 0.717) is 29.3 Å². The average molecular weight is 457 g/mol. The molecule has 0 aliphatic heterocycles. The highest BCUT2D eigenvalue weighted by Crippen LogP contribution is 2.26. The molecule has 0 radical (unpaired) electrons. The number of Topliss-reactive ketones (excluding diaryl/α,β-unsaturated/α-hetero) is 1. The fourth-order valence-corrected chi connectivity index (χ4v) is 4.22. The quantitative estimate of drug-likeness (QED) is 0.348. The summed E-state index contributed by atoms with van der Waals surface area (Å²) in [5.74, 6) is 1.26. The molecular formula is C27H32N6O. The Morgan fingerprint density at radius 1 is 1.00 bits per heavy atom. The number of carbonyl (C=O) groups excluding carboxylic acids is 1. The number of fused-ring (bicyclic) bond motifs is 1. The third kappa shape index (κ3) is 4.99. The lowest BCUT2D eigenvalue weighted by Crippen LogP contribution is -2.40. The first-order valence-corrected chi connectivity index (χ1v) is 11.8. The molecule has 0 amide bonds. The van der Waals surface area contributed by atoms with E-state index in [-0.39, 0.29) is 5.78 Å². The number of nitrogens with one attached hydrogen (secondary N) is 1. The first kappa shape index (κ1) is 23.6. The second kappa shape index (κ2) is 10.1. The van der Waals surface area contributed by atoms with Crippen LogP contribution >= 0.6 is 0 Å². The average Bonchev–Trinajstić information content (AvgIpc) is 3.26. The standard InChI is InChI=1S/C27H32N6O/c1-18(2)32(19(3)4)15-14-28-26-24-27(33(17-29-24)23-12-7-6-8-13-23)31-25(30-26)22-11-9-10-21(16-22)20(5)34/h6-13,16-19H,14-15H2,1-5H3,(H,28,30,31). The van der Waals surface area contributed by atoms with Crippen LogP contribution in [0.25, 0.3) is 28.2 Å². The molecule has 0 aliphatic carbocycles. The Labute approximate surface area is 200 Å². The van der Waals surface area contributed by atoms with E-state index in [4.69, 9.17) is 9.97 Å². The number of anilines is 1. The molecule has 2 aromatic carbocycles. The molecule has 0 saturated heterocycles. The van der Waals surface area contributed by atoms with Gasteiger partial charge in [0.25, 0.3) is 0 Å². The van der Waals surface area contributed by atoms with E-state index in [9.17, 15) is 4.79 Å². The second-order valence-corrected chi connectivity index (χ2v) is 9.01. The highest BCUT2D eigenvalue weighted by molar-refractivity contribution is 5.95. The number of carbonyl (C=O) groups is 1. The van der Waals surface area contributed by atoms with Crippen LogP contribution in [0.2, 0.25) is 0 Å². The molecule has 0 saturated carbocycles. The Bertz CT molecular complexity index is 1270. The topological polar surface area (TPSA) is 75.9 Å². The van der Waals surface area contributed by atoms with E-state index < -0.39 is 0 Å². The third-order valence-electron chi connectivity index (χ3n) is 5.95. The maximum atomic E-state index is 11.9. The van der Waals surface area contributed by atoms with Gasteiger partial charge in [0, 0.05) is 42.0 Å². The van der Waals surface area contributed by atoms with Crippen molar-refractivity contribution < 1.29 is 4.79 Å². The van der Waals surface area contributed by atoms with Gasteiger partial charge in [-0.2, -0.15) is 0 Å². The third-order valence-corrected chi connectivity index (χ3v) is 5.95. The number of benzene rings is 2. The zero-order valence-corrected chi connectivity index (χ0v) is 20.5. The van der Waals surface area contributed by atoms with Gasteiger partial charge in [0.1, 0.15) is 6.33 Å². The summed E-state index contributed by atoms with van der Waals surface area (Å²) in [5.41, 5.74) is 3.84. The number of rotatable bonds is 9. The van der Waals surface area contributed by atoms with Crippen LogP contribution in [0.15, 0.2) is 60.9 Å². The minimum atomic E-state index is 0.0121. The number of hydrogen-bond acceptors (Lipinski definition) is 6. The highest BCUT2D eigenvalue weighted by atomic mass is 16.1. The number of para-hydroxylation sites is 1. The van der Waals surface area contributed by atoms with Crippen molar-refractivity contribution in [1.82, 2.24) is 24.4 Å². The lowest BCUT2D eigenvalue weighted by molar-refractivity contribution is 0.101. The Balaban J connectivity index is 1.77. The van der Waals surface area contributed by atoms with E-state index in [0.717, 1.165) is 35.5 Å². The minimum absolute atomic E-state index is 0.0121. The van der Waals surface area contributed by atoms with Crippen LogP contribution < -0.4 is 5.32 Å². The maximum absolute atomic E-state index is 11.9. The molecule has 0 atom stereocenters. The van der Waals surface area contributed by atoms with Gasteiger partial charge in [-0.15, -0.1) is 0 Å². The predicted molar refractivity (Wildman–Crippen MR) is 138 cm³/mol. The first-order valence-electron chi connectivity index (χ1n) is 11.8. The molecule has 2 heterocycles. The zero-order chi connectivity index (χ0) is 24.2. The lowest BCUT2D eigenvalue weighted by Gasteiger charge is -2.30. The van der Waals surface area contributed by atoms with Gasteiger partial charge in [-0.1, -0.05) is 36.4 Å². The summed E-state index contributed by atoms with van der Waals surface area (Å²) in [6.45, 7) is 12.0. The van der Waals surface area contributed by atoms with E-state index in [2.05, 4.69) is 42.9 Å². The number of ketones is 1. The van der Waals surface area contributed by atoms with Gasteiger partial charge in [0.05, 0.1) is 0 Å². The van der Waals surface area contributed by atoms with Crippen molar-refractivity contribution >= 4 is 22.8 Å². The molecule has 34 heavy (non-hydrogen) atoms. The maximum Gasteiger partial charge on any atom is 0.170 e. The van der Waals surface area contributed by atoms with Gasteiger partial charge in [-0.05, 0) is 52.8 Å². The minimum Gasteiger partial charge on any atom is -0.367 e. The number of imidazole rings is 1. The van der Waals surface area contributed by atoms with Crippen molar-refractivity contribution in [3.8, 4) is 17.1 Å². The smallest absolute Gasteiger partial charge is 0.170 e. The van der Waals surface area contributed by atoms with Crippen LogP contribution in [0.1, 0.15) is 45.0 Å². The molecule has 4 aromatic rings. The normalized spacial score (nSPS) is 11.6. The molecule has 7 heteroatoms. The fraction of sp³-hybridized carbons (Fsp3) is 0.333. The molecule has 1 N–H and O–H groups in total. The summed E-state index contributed by atoms with van der Waals surface area (Å²) >= 11 is 0. The second-order valence-electron chi connectivity index (χ2n) is 9.01. The molecule has 4 rings (SSSR count). The van der Waals surface area contributed by atoms with E-state index >= 15 is 0 Å². The van der Waals surface area contributed by atoms with Crippen LogP contribution in [0, 0.1) is 0 Å². The van der Waals surface area contributed by atoms with Crippen molar-refractivity contribution in [3.05, 3.63) is 66.5 Å². The zero-order valence-electron chi connectivity index (χ0n) is 20.5. The molecule has 0 fully saturated rings. The summed E-state index contributed by atoms with van der Waals surface area (Å²) in [6.07, 6.45) is 1.78. The monoisotopic (exact) mass is 456 g/mol. The van der Waals surface area contributed by atoms with Gasteiger partial charge in [0.2, 0.25) is 0 Å². The van der Waals surface area contributed by atoms with E-state index in [1.807, 2.05) is 59.2 Å². The van der Waals surface area contributed by atoms with Gasteiger partial charge in [0.15, 0.2) is 28.6 Å². The molecule has 0 spiro atoms.